The van der Waals surface area contributed by atoms with Gasteiger partial charge in [0.25, 0.3) is 0 Å². The van der Waals surface area contributed by atoms with E-state index >= 15 is 0 Å². The fourth-order valence-corrected chi connectivity index (χ4v) is 5.13. The number of hydrogen-bond donors (Lipinski definition) is 1. The van der Waals surface area contributed by atoms with Gasteiger partial charge >= 0.3 is 0 Å². The molecule has 0 fully saturated rings. The van der Waals surface area contributed by atoms with Gasteiger partial charge in [-0.15, -0.1) is 0 Å². The highest BCUT2D eigenvalue weighted by atomic mass is 79.9. The summed E-state index contributed by atoms with van der Waals surface area (Å²) in [5.41, 5.74) is 3.63. The number of imidazole rings is 1. The molecule has 1 N–H and O–H groups in total. The molecule has 4 aromatic rings. The zero-order chi connectivity index (χ0) is 31.3. The number of fused-ring (bicyclic) bond motifs is 1. The van der Waals surface area contributed by atoms with E-state index in [-0.39, 0.29) is 24.1 Å². The van der Waals surface area contributed by atoms with Gasteiger partial charge in [0.1, 0.15) is 11.2 Å². The first-order valence-electron chi connectivity index (χ1n) is 12.9. The molecule has 0 bridgehead atoms. The van der Waals surface area contributed by atoms with Gasteiger partial charge in [0, 0.05) is 36.8 Å². The van der Waals surface area contributed by atoms with Gasteiger partial charge in [0.05, 0.1) is 35.7 Å². The van der Waals surface area contributed by atoms with Crippen LogP contribution >= 0.6 is 39.1 Å². The quantitative estimate of drug-likeness (QED) is 0.162. The molecule has 2 aromatic carbocycles. The first-order chi connectivity index (χ1) is 20.5. The molecule has 0 aliphatic carbocycles. The maximum Gasteiger partial charge on any atom is 0.247 e. The van der Waals surface area contributed by atoms with Gasteiger partial charge in [-0.25, -0.2) is 4.98 Å². The van der Waals surface area contributed by atoms with Crippen LogP contribution in [0.3, 0.4) is 0 Å². The van der Waals surface area contributed by atoms with Crippen LogP contribution in [0.1, 0.15) is 23.7 Å². The zero-order valence-electron chi connectivity index (χ0n) is 23.7. The number of benzene rings is 2. The lowest BCUT2D eigenvalue weighted by atomic mass is 10.2. The number of hydroxylamine groups is 1. The molecule has 0 aliphatic rings. The third kappa shape index (κ3) is 7.37. The number of anilines is 2. The molecule has 13 heteroatoms. The number of ether oxygens (including phenoxy) is 1. The lowest BCUT2D eigenvalue weighted by Gasteiger charge is -2.21. The molecule has 4 rings (SSSR count). The van der Waals surface area contributed by atoms with Gasteiger partial charge in [-0.3, -0.25) is 23.6 Å². The highest BCUT2D eigenvalue weighted by molar-refractivity contribution is 9.10. The largest absolute Gasteiger partial charge is 0.485 e. The number of halogens is 3. The molecule has 224 valence electrons. The molecule has 43 heavy (non-hydrogen) atoms. The molecule has 0 saturated carbocycles. The second-order valence-corrected chi connectivity index (χ2v) is 10.8. The van der Waals surface area contributed by atoms with Crippen LogP contribution in [0.4, 0.5) is 11.4 Å². The van der Waals surface area contributed by atoms with Crippen LogP contribution in [0.2, 0.25) is 10.0 Å². The first-order valence-corrected chi connectivity index (χ1v) is 14.5. The van der Waals surface area contributed by atoms with Crippen LogP contribution in [0.25, 0.3) is 11.7 Å². The SMILES string of the molecule is CON(C(C)=O)c1ccc(C=CC(=O)NCC(=O)N(C)c2ccc(Cl)c(COc3cccn4c(Br)c(C)nc34)c2Cl)cc1. The minimum absolute atomic E-state index is 0.0392. The standard InChI is InChI=1S/C30H28BrCl2N5O5/c1-18-29(31)37-15-5-6-25(30(37)35-18)43-17-22-23(32)12-13-24(28(22)33)36(3)27(41)16-34-26(40)14-9-20-7-10-21(11-8-20)38(42-4)19(2)39/h5-15H,16-17H2,1-4H3,(H,34,40). The maximum absolute atomic E-state index is 12.9. The van der Waals surface area contributed by atoms with E-state index in [4.69, 9.17) is 32.8 Å². The molecule has 10 nitrogen and oxygen atoms in total. The van der Waals surface area contributed by atoms with E-state index in [1.807, 2.05) is 23.6 Å². The summed E-state index contributed by atoms with van der Waals surface area (Å²) in [6, 6.07) is 13.7. The normalized spacial score (nSPS) is 11.1. The van der Waals surface area contributed by atoms with Gasteiger partial charge < -0.3 is 15.0 Å². The molecule has 0 atom stereocenters. The van der Waals surface area contributed by atoms with E-state index < -0.39 is 11.8 Å². The van der Waals surface area contributed by atoms with Crippen LogP contribution < -0.4 is 20.0 Å². The topological polar surface area (TPSA) is 105 Å². The van der Waals surface area contributed by atoms with Crippen molar-refractivity contribution >= 4 is 80.0 Å². The van der Waals surface area contributed by atoms with Crippen LogP contribution in [-0.2, 0) is 25.8 Å². The minimum Gasteiger partial charge on any atom is -0.485 e. The summed E-state index contributed by atoms with van der Waals surface area (Å²) in [5, 5.41) is 4.35. The van der Waals surface area contributed by atoms with Crippen molar-refractivity contribution < 1.29 is 24.0 Å². The molecule has 0 spiro atoms. The Morgan fingerprint density at radius 2 is 1.84 bits per heavy atom. The molecule has 0 aliphatic heterocycles. The molecular formula is C30H28BrCl2N5O5. The number of carbonyl (C=O) groups is 3. The lowest BCUT2D eigenvalue weighted by molar-refractivity contribution is -0.122. The Hall–Kier alpha value is -3.90. The van der Waals surface area contributed by atoms with E-state index in [2.05, 4.69) is 26.2 Å². The Balaban J connectivity index is 1.37. The van der Waals surface area contributed by atoms with E-state index in [0.29, 0.717) is 33.4 Å². The highest BCUT2D eigenvalue weighted by Crippen LogP contribution is 2.35. The third-order valence-electron chi connectivity index (χ3n) is 6.43. The number of aromatic nitrogens is 2. The minimum atomic E-state index is -0.459. The lowest BCUT2D eigenvalue weighted by Crippen LogP contribution is -2.37. The van der Waals surface area contributed by atoms with Crippen molar-refractivity contribution in [1.29, 1.82) is 0 Å². The van der Waals surface area contributed by atoms with E-state index in [9.17, 15) is 14.4 Å². The Morgan fingerprint density at radius 1 is 1.12 bits per heavy atom. The summed E-state index contributed by atoms with van der Waals surface area (Å²) >= 11 is 16.7. The van der Waals surface area contributed by atoms with Crippen molar-refractivity contribution in [3.63, 3.8) is 0 Å². The fraction of sp³-hybridized carbons (Fsp3) is 0.200. The first kappa shape index (κ1) is 32.0. The average molecular weight is 689 g/mol. The smallest absolute Gasteiger partial charge is 0.247 e. The molecule has 0 radical (unpaired) electrons. The van der Waals surface area contributed by atoms with E-state index in [1.165, 1.54) is 25.0 Å². The number of rotatable bonds is 10. The van der Waals surface area contributed by atoms with Crippen LogP contribution in [0.5, 0.6) is 5.75 Å². The van der Waals surface area contributed by atoms with Crippen LogP contribution in [-0.4, -0.2) is 47.8 Å². The predicted molar refractivity (Wildman–Crippen MR) is 170 cm³/mol. The van der Waals surface area contributed by atoms with E-state index in [0.717, 1.165) is 20.9 Å². The van der Waals surface area contributed by atoms with Crippen LogP contribution in [0, 0.1) is 6.92 Å². The van der Waals surface area contributed by atoms with Crippen LogP contribution in [0.15, 0.2) is 65.4 Å². The number of nitrogens with zero attached hydrogens (tertiary/aromatic N) is 4. The summed E-state index contributed by atoms with van der Waals surface area (Å²) < 4.78 is 8.73. The molecule has 2 aromatic heterocycles. The Labute approximate surface area is 266 Å². The monoisotopic (exact) mass is 687 g/mol. The zero-order valence-corrected chi connectivity index (χ0v) is 26.8. The number of carbonyl (C=O) groups excluding carboxylic acids is 3. The molecule has 3 amide bonds. The van der Waals surface area contributed by atoms with Gasteiger partial charge in [-0.05, 0) is 70.9 Å². The van der Waals surface area contributed by atoms with Crippen molar-refractivity contribution in [2.75, 3.05) is 30.7 Å². The second kappa shape index (κ2) is 14.0. The Kier molecular flexibility index (Phi) is 10.5. The maximum atomic E-state index is 12.9. The van der Waals surface area contributed by atoms with Crippen molar-refractivity contribution in [2.24, 2.45) is 0 Å². The summed E-state index contributed by atoms with van der Waals surface area (Å²) in [7, 11) is 2.96. The van der Waals surface area contributed by atoms with Crippen molar-refractivity contribution in [2.45, 2.75) is 20.5 Å². The number of nitrogens with one attached hydrogen (secondary N) is 1. The van der Waals surface area contributed by atoms with E-state index in [1.54, 1.807) is 55.6 Å². The number of aryl methyl sites for hydroxylation is 1. The number of amides is 3. The molecular weight excluding hydrogens is 661 g/mol. The number of hydrogen-bond acceptors (Lipinski definition) is 6. The predicted octanol–water partition coefficient (Wildman–Crippen LogP) is 6.00. The van der Waals surface area contributed by atoms with Crippen molar-refractivity contribution in [1.82, 2.24) is 14.7 Å². The summed E-state index contributed by atoms with van der Waals surface area (Å²) in [4.78, 5) is 47.8. The third-order valence-corrected chi connectivity index (χ3v) is 8.16. The van der Waals surface area contributed by atoms with Gasteiger partial charge in [0.15, 0.2) is 11.4 Å². The fourth-order valence-electron chi connectivity index (χ4n) is 4.15. The molecule has 2 heterocycles. The molecule has 0 unspecified atom stereocenters. The van der Waals surface area contributed by atoms with Crippen molar-refractivity contribution in [3.8, 4) is 5.75 Å². The Morgan fingerprint density at radius 3 is 2.51 bits per heavy atom. The highest BCUT2D eigenvalue weighted by Gasteiger charge is 2.20. The Bertz CT molecular complexity index is 1710. The number of likely N-dealkylation sites (N-methyl/N-ethyl adjacent to an activating group) is 1. The summed E-state index contributed by atoms with van der Waals surface area (Å²) in [5.74, 6) is -0.581. The second-order valence-electron chi connectivity index (χ2n) is 9.29. The van der Waals surface area contributed by atoms with Gasteiger partial charge in [-0.1, -0.05) is 35.3 Å². The van der Waals surface area contributed by atoms with Crippen molar-refractivity contribution in [3.05, 3.63) is 92.3 Å². The average Bonchev–Trinajstić information content (AvgIpc) is 3.28. The molecule has 0 saturated heterocycles. The number of pyridine rings is 1. The van der Waals surface area contributed by atoms with Gasteiger partial charge in [0.2, 0.25) is 17.7 Å². The summed E-state index contributed by atoms with van der Waals surface area (Å²) in [6.45, 7) is 3.05. The summed E-state index contributed by atoms with van der Waals surface area (Å²) in [6.07, 6.45) is 4.77. The van der Waals surface area contributed by atoms with Gasteiger partial charge in [-0.2, -0.15) is 5.06 Å².